The third kappa shape index (κ3) is 3.35. The van der Waals surface area contributed by atoms with Gasteiger partial charge in [0.2, 0.25) is 0 Å². The predicted octanol–water partition coefficient (Wildman–Crippen LogP) is 3.29. The highest BCUT2D eigenvalue weighted by Gasteiger charge is 2.14. The fraction of sp³-hybridized carbons (Fsp3) is 0.200. The van der Waals surface area contributed by atoms with Gasteiger partial charge in [-0.1, -0.05) is 18.2 Å². The molecule has 3 nitrogen and oxygen atoms in total. The van der Waals surface area contributed by atoms with Gasteiger partial charge < -0.3 is 5.32 Å². The van der Waals surface area contributed by atoms with Crippen molar-refractivity contribution >= 4 is 17.7 Å². The summed E-state index contributed by atoms with van der Waals surface area (Å²) in [6.07, 6.45) is 5.46. The van der Waals surface area contributed by atoms with Gasteiger partial charge in [-0.15, -0.1) is 11.8 Å². The van der Waals surface area contributed by atoms with Crippen molar-refractivity contribution in [3.05, 3.63) is 59.9 Å². The van der Waals surface area contributed by atoms with E-state index in [0.29, 0.717) is 5.56 Å². The molecule has 0 saturated heterocycles. The topological polar surface area (TPSA) is 42.0 Å². The number of nitrogens with one attached hydrogen (secondary N) is 1. The maximum Gasteiger partial charge on any atom is 0.252 e. The van der Waals surface area contributed by atoms with Gasteiger partial charge in [-0.25, -0.2) is 0 Å². The molecule has 1 aromatic heterocycles. The van der Waals surface area contributed by atoms with E-state index in [9.17, 15) is 4.79 Å². The highest BCUT2D eigenvalue weighted by Crippen LogP contribution is 2.20. The zero-order valence-corrected chi connectivity index (χ0v) is 11.8. The molecule has 1 aromatic carbocycles. The highest BCUT2D eigenvalue weighted by molar-refractivity contribution is 7.98. The molecule has 98 valence electrons. The van der Waals surface area contributed by atoms with Crippen LogP contribution in [0.5, 0.6) is 0 Å². The monoisotopic (exact) mass is 272 g/mol. The molecule has 1 heterocycles. The summed E-state index contributed by atoms with van der Waals surface area (Å²) in [5, 5.41) is 2.99. The lowest BCUT2D eigenvalue weighted by Gasteiger charge is -2.15. The first-order valence-electron chi connectivity index (χ1n) is 6.06. The van der Waals surface area contributed by atoms with E-state index < -0.39 is 0 Å². The maximum atomic E-state index is 12.3. The fourth-order valence-electron chi connectivity index (χ4n) is 1.82. The lowest BCUT2D eigenvalue weighted by Crippen LogP contribution is -2.27. The van der Waals surface area contributed by atoms with Crippen LogP contribution < -0.4 is 5.32 Å². The number of thioether (sulfide) groups is 1. The number of rotatable bonds is 4. The molecule has 0 bridgehead atoms. The predicted molar refractivity (Wildman–Crippen MR) is 78.3 cm³/mol. The van der Waals surface area contributed by atoms with Gasteiger partial charge in [0.05, 0.1) is 11.6 Å². The number of pyridine rings is 1. The first-order valence-corrected chi connectivity index (χ1v) is 7.28. The summed E-state index contributed by atoms with van der Waals surface area (Å²) in [5.41, 5.74) is 1.71. The van der Waals surface area contributed by atoms with E-state index in [1.54, 1.807) is 24.2 Å². The third-order valence-electron chi connectivity index (χ3n) is 2.88. The molecule has 0 fully saturated rings. The second-order valence-electron chi connectivity index (χ2n) is 4.18. The molecule has 1 unspecified atom stereocenters. The van der Waals surface area contributed by atoms with Crippen molar-refractivity contribution in [2.75, 3.05) is 6.26 Å². The number of aromatic nitrogens is 1. The van der Waals surface area contributed by atoms with Gasteiger partial charge in [-0.05, 0) is 36.9 Å². The Morgan fingerprint density at radius 3 is 2.74 bits per heavy atom. The molecule has 19 heavy (non-hydrogen) atoms. The van der Waals surface area contributed by atoms with Crippen molar-refractivity contribution < 1.29 is 4.79 Å². The number of hydrogen-bond donors (Lipinski definition) is 1. The summed E-state index contributed by atoms with van der Waals surface area (Å²) in [7, 11) is 0. The zero-order valence-electron chi connectivity index (χ0n) is 11.0. The molecule has 0 spiro atoms. The van der Waals surface area contributed by atoms with Crippen molar-refractivity contribution in [3.63, 3.8) is 0 Å². The lowest BCUT2D eigenvalue weighted by molar-refractivity contribution is 0.0937. The summed E-state index contributed by atoms with van der Waals surface area (Å²) in [6, 6.07) is 11.4. The molecule has 2 aromatic rings. The first-order chi connectivity index (χ1) is 9.22. The lowest BCUT2D eigenvalue weighted by atomic mass is 10.1. The fourth-order valence-corrected chi connectivity index (χ4v) is 2.42. The largest absolute Gasteiger partial charge is 0.345 e. The Balaban J connectivity index is 2.13. The van der Waals surface area contributed by atoms with E-state index in [1.165, 1.54) is 0 Å². The van der Waals surface area contributed by atoms with Crippen LogP contribution in [-0.2, 0) is 0 Å². The van der Waals surface area contributed by atoms with Gasteiger partial charge in [-0.2, -0.15) is 0 Å². The van der Waals surface area contributed by atoms with E-state index in [1.807, 2.05) is 49.6 Å². The molecule has 4 heteroatoms. The van der Waals surface area contributed by atoms with Crippen LogP contribution >= 0.6 is 11.8 Å². The first kappa shape index (κ1) is 13.6. The number of nitrogens with zero attached hydrogens (tertiary/aromatic N) is 1. The molecular weight excluding hydrogens is 256 g/mol. The molecule has 1 atom stereocenters. The molecule has 1 amide bonds. The summed E-state index contributed by atoms with van der Waals surface area (Å²) in [5.74, 6) is -0.0543. The van der Waals surface area contributed by atoms with Crippen LogP contribution in [0, 0.1) is 0 Å². The molecule has 0 saturated carbocycles. The smallest absolute Gasteiger partial charge is 0.252 e. The van der Waals surface area contributed by atoms with E-state index >= 15 is 0 Å². The van der Waals surface area contributed by atoms with E-state index in [-0.39, 0.29) is 11.9 Å². The van der Waals surface area contributed by atoms with Gasteiger partial charge in [0.25, 0.3) is 5.91 Å². The minimum Gasteiger partial charge on any atom is -0.345 e. The summed E-state index contributed by atoms with van der Waals surface area (Å²) in [4.78, 5) is 17.3. The van der Waals surface area contributed by atoms with Gasteiger partial charge in [0.1, 0.15) is 0 Å². The highest BCUT2D eigenvalue weighted by atomic mass is 32.2. The van der Waals surface area contributed by atoms with Gasteiger partial charge in [0, 0.05) is 17.3 Å². The van der Waals surface area contributed by atoms with Crippen molar-refractivity contribution in [3.8, 4) is 0 Å². The van der Waals surface area contributed by atoms with Crippen molar-refractivity contribution in [2.24, 2.45) is 0 Å². The van der Waals surface area contributed by atoms with Crippen LogP contribution in [0.25, 0.3) is 0 Å². The average Bonchev–Trinajstić information content (AvgIpc) is 2.48. The van der Waals surface area contributed by atoms with E-state index in [2.05, 4.69) is 10.3 Å². The van der Waals surface area contributed by atoms with Crippen molar-refractivity contribution in [1.29, 1.82) is 0 Å². The number of carbonyl (C=O) groups is 1. The molecule has 0 radical (unpaired) electrons. The summed E-state index contributed by atoms with van der Waals surface area (Å²) in [6.45, 7) is 1.95. The molecule has 0 aliphatic carbocycles. The Labute approximate surface area is 117 Å². The van der Waals surface area contributed by atoms with Crippen LogP contribution in [0.1, 0.15) is 28.9 Å². The van der Waals surface area contributed by atoms with Crippen molar-refractivity contribution in [1.82, 2.24) is 10.3 Å². The minimum absolute atomic E-state index is 0.0543. The zero-order chi connectivity index (χ0) is 13.7. The minimum atomic E-state index is -0.0592. The number of carbonyl (C=O) groups excluding carboxylic acids is 1. The number of amides is 1. The van der Waals surface area contributed by atoms with Crippen LogP contribution in [0.4, 0.5) is 0 Å². The molecule has 0 aliphatic heterocycles. The average molecular weight is 272 g/mol. The molecule has 2 rings (SSSR count). The third-order valence-corrected chi connectivity index (χ3v) is 3.68. The van der Waals surface area contributed by atoms with Crippen LogP contribution in [0.2, 0.25) is 0 Å². The van der Waals surface area contributed by atoms with Crippen LogP contribution in [-0.4, -0.2) is 17.1 Å². The second-order valence-corrected chi connectivity index (χ2v) is 5.03. The normalized spacial score (nSPS) is 11.9. The van der Waals surface area contributed by atoms with Crippen LogP contribution in [0.15, 0.2) is 53.7 Å². The second kappa shape index (κ2) is 6.38. The molecule has 1 N–H and O–H groups in total. The van der Waals surface area contributed by atoms with Gasteiger partial charge >= 0.3 is 0 Å². The Bertz CT molecular complexity index is 557. The van der Waals surface area contributed by atoms with Gasteiger partial charge in [0.15, 0.2) is 0 Å². The molecule has 0 aliphatic rings. The Morgan fingerprint density at radius 2 is 2.05 bits per heavy atom. The van der Waals surface area contributed by atoms with E-state index in [0.717, 1.165) is 10.5 Å². The standard InChI is InChI=1S/C15H16N2OS/c1-11(12-6-5-9-16-10-12)17-15(18)13-7-3-4-8-14(13)19-2/h3-11H,1-2H3,(H,17,18). The Morgan fingerprint density at radius 1 is 1.26 bits per heavy atom. The molecular formula is C15H16N2OS. The summed E-state index contributed by atoms with van der Waals surface area (Å²) >= 11 is 1.57. The van der Waals surface area contributed by atoms with E-state index in [4.69, 9.17) is 0 Å². The Hall–Kier alpha value is -1.81. The quantitative estimate of drug-likeness (QED) is 0.868. The van der Waals surface area contributed by atoms with Gasteiger partial charge in [-0.3, -0.25) is 9.78 Å². The SMILES string of the molecule is CSc1ccccc1C(=O)NC(C)c1cccnc1. The summed E-state index contributed by atoms with van der Waals surface area (Å²) < 4.78 is 0. The van der Waals surface area contributed by atoms with Crippen molar-refractivity contribution in [2.45, 2.75) is 17.9 Å². The number of benzene rings is 1. The number of hydrogen-bond acceptors (Lipinski definition) is 3. The maximum absolute atomic E-state index is 12.3. The van der Waals surface area contributed by atoms with Crippen LogP contribution in [0.3, 0.4) is 0 Å². The Kier molecular flexibility index (Phi) is 4.58.